The Balaban J connectivity index is 2.89. The van der Waals surface area contributed by atoms with Crippen LogP contribution >= 0.6 is 0 Å². The van der Waals surface area contributed by atoms with Gasteiger partial charge < -0.3 is 9.84 Å². The van der Waals surface area contributed by atoms with Gasteiger partial charge in [-0.15, -0.1) is 0 Å². The van der Waals surface area contributed by atoms with E-state index in [2.05, 4.69) is 0 Å². The first-order valence-corrected chi connectivity index (χ1v) is 4.74. The summed E-state index contributed by atoms with van der Waals surface area (Å²) < 4.78 is 30.7. The van der Waals surface area contributed by atoms with Crippen LogP contribution in [-0.4, -0.2) is 18.3 Å². The van der Waals surface area contributed by atoms with E-state index < -0.39 is 17.7 Å². The summed E-state index contributed by atoms with van der Waals surface area (Å²) in [4.78, 5) is 0. The van der Waals surface area contributed by atoms with E-state index in [1.807, 2.05) is 0 Å². The minimum atomic E-state index is -0.923. The van der Waals surface area contributed by atoms with E-state index in [-0.39, 0.29) is 0 Å². The maximum absolute atomic E-state index is 12.9. The Kier molecular flexibility index (Phi) is 4.03. The SMILES string of the molecule is COc1cc(F)c(F)cc1CC[C@@H](C)O. The summed E-state index contributed by atoms with van der Waals surface area (Å²) in [5.41, 5.74) is 0.567. The first-order valence-electron chi connectivity index (χ1n) is 4.74. The van der Waals surface area contributed by atoms with E-state index >= 15 is 0 Å². The van der Waals surface area contributed by atoms with Crippen LogP contribution in [0.5, 0.6) is 5.75 Å². The summed E-state index contributed by atoms with van der Waals surface area (Å²) in [5.74, 6) is -1.50. The lowest BCUT2D eigenvalue weighted by Gasteiger charge is -2.10. The molecule has 0 aromatic heterocycles. The Morgan fingerprint density at radius 1 is 1.33 bits per heavy atom. The summed E-state index contributed by atoms with van der Waals surface area (Å²) in [7, 11) is 1.40. The molecule has 0 saturated carbocycles. The molecule has 0 spiro atoms. The molecule has 0 fully saturated rings. The smallest absolute Gasteiger partial charge is 0.162 e. The quantitative estimate of drug-likeness (QED) is 0.836. The highest BCUT2D eigenvalue weighted by Crippen LogP contribution is 2.23. The molecule has 0 aliphatic heterocycles. The predicted octanol–water partition coefficient (Wildman–Crippen LogP) is 2.29. The molecule has 0 unspecified atom stereocenters. The lowest BCUT2D eigenvalue weighted by atomic mass is 10.1. The van der Waals surface area contributed by atoms with E-state index in [1.54, 1.807) is 6.92 Å². The van der Waals surface area contributed by atoms with E-state index in [0.717, 1.165) is 12.1 Å². The van der Waals surface area contributed by atoms with Crippen LogP contribution in [0.3, 0.4) is 0 Å². The first kappa shape index (κ1) is 11.9. The minimum Gasteiger partial charge on any atom is -0.496 e. The molecule has 0 radical (unpaired) electrons. The number of hydrogen-bond acceptors (Lipinski definition) is 2. The van der Waals surface area contributed by atoms with E-state index in [4.69, 9.17) is 9.84 Å². The molecular weight excluding hydrogens is 202 g/mol. The van der Waals surface area contributed by atoms with Crippen molar-refractivity contribution in [2.75, 3.05) is 7.11 Å². The van der Waals surface area contributed by atoms with Gasteiger partial charge in [-0.05, 0) is 31.4 Å². The van der Waals surface area contributed by atoms with Crippen molar-refractivity contribution < 1.29 is 18.6 Å². The number of halogens is 2. The Bertz CT molecular complexity index is 338. The van der Waals surface area contributed by atoms with Crippen molar-refractivity contribution in [3.8, 4) is 5.75 Å². The molecule has 1 aromatic carbocycles. The van der Waals surface area contributed by atoms with Crippen molar-refractivity contribution in [1.29, 1.82) is 0 Å². The minimum absolute atomic E-state index is 0.314. The first-order chi connectivity index (χ1) is 7.04. The maximum Gasteiger partial charge on any atom is 0.162 e. The number of hydrogen-bond donors (Lipinski definition) is 1. The Morgan fingerprint density at radius 2 is 1.93 bits per heavy atom. The topological polar surface area (TPSA) is 29.5 Å². The highest BCUT2D eigenvalue weighted by Gasteiger charge is 2.10. The number of aliphatic hydroxyl groups excluding tert-OH is 1. The molecule has 0 aliphatic rings. The molecule has 84 valence electrons. The molecule has 4 heteroatoms. The number of aliphatic hydroxyl groups is 1. The fourth-order valence-electron chi connectivity index (χ4n) is 1.32. The van der Waals surface area contributed by atoms with Gasteiger partial charge in [0.2, 0.25) is 0 Å². The monoisotopic (exact) mass is 216 g/mol. The predicted molar refractivity (Wildman–Crippen MR) is 52.9 cm³/mol. The van der Waals surface area contributed by atoms with Crippen LogP contribution in [0.4, 0.5) is 8.78 Å². The van der Waals surface area contributed by atoms with E-state index in [9.17, 15) is 8.78 Å². The molecule has 2 nitrogen and oxygen atoms in total. The van der Waals surface area contributed by atoms with Crippen LogP contribution in [0.25, 0.3) is 0 Å². The third-order valence-corrected chi connectivity index (χ3v) is 2.15. The molecule has 1 aromatic rings. The molecule has 0 aliphatic carbocycles. The van der Waals surface area contributed by atoms with Crippen LogP contribution in [0.15, 0.2) is 12.1 Å². The molecular formula is C11H14F2O2. The number of benzene rings is 1. The Hall–Kier alpha value is -1.16. The maximum atomic E-state index is 12.9. The molecule has 1 atom stereocenters. The van der Waals surface area contributed by atoms with Crippen LogP contribution in [-0.2, 0) is 6.42 Å². The van der Waals surface area contributed by atoms with E-state index in [1.165, 1.54) is 7.11 Å². The summed E-state index contributed by atoms with van der Waals surface area (Å²) in [5, 5.41) is 9.09. The van der Waals surface area contributed by atoms with Crippen molar-refractivity contribution in [2.24, 2.45) is 0 Å². The van der Waals surface area contributed by atoms with Crippen molar-refractivity contribution in [2.45, 2.75) is 25.9 Å². The molecule has 0 saturated heterocycles. The van der Waals surface area contributed by atoms with Crippen molar-refractivity contribution in [3.63, 3.8) is 0 Å². The lowest BCUT2D eigenvalue weighted by Crippen LogP contribution is -2.03. The normalized spacial score (nSPS) is 12.6. The van der Waals surface area contributed by atoms with Gasteiger partial charge >= 0.3 is 0 Å². The molecule has 0 bridgehead atoms. The number of methoxy groups -OCH3 is 1. The summed E-state index contributed by atoms with van der Waals surface area (Å²) in [6.45, 7) is 1.65. The molecule has 0 amide bonds. The van der Waals surface area contributed by atoms with Gasteiger partial charge in [-0.1, -0.05) is 0 Å². The molecule has 1 rings (SSSR count). The van der Waals surface area contributed by atoms with Gasteiger partial charge in [0.15, 0.2) is 11.6 Å². The van der Waals surface area contributed by atoms with Crippen LogP contribution < -0.4 is 4.74 Å². The highest BCUT2D eigenvalue weighted by molar-refractivity contribution is 5.34. The molecule has 15 heavy (non-hydrogen) atoms. The van der Waals surface area contributed by atoms with Gasteiger partial charge in [-0.3, -0.25) is 0 Å². The number of rotatable bonds is 4. The Morgan fingerprint density at radius 3 is 2.47 bits per heavy atom. The zero-order valence-corrected chi connectivity index (χ0v) is 8.76. The zero-order chi connectivity index (χ0) is 11.4. The number of ether oxygens (including phenoxy) is 1. The summed E-state index contributed by atoms with van der Waals surface area (Å²) >= 11 is 0. The van der Waals surface area contributed by atoms with Crippen molar-refractivity contribution >= 4 is 0 Å². The second-order valence-electron chi connectivity index (χ2n) is 3.47. The largest absolute Gasteiger partial charge is 0.496 e. The summed E-state index contributed by atoms with van der Waals surface area (Å²) in [6, 6.07) is 2.13. The second-order valence-corrected chi connectivity index (χ2v) is 3.47. The van der Waals surface area contributed by atoms with Crippen LogP contribution in [0, 0.1) is 11.6 Å². The van der Waals surface area contributed by atoms with Gasteiger partial charge in [-0.2, -0.15) is 0 Å². The molecule has 1 N–H and O–H groups in total. The van der Waals surface area contributed by atoms with Gasteiger partial charge in [0.25, 0.3) is 0 Å². The standard InChI is InChI=1S/C11H14F2O2/c1-7(14)3-4-8-5-9(12)10(13)6-11(8)15-2/h5-7,14H,3-4H2,1-2H3/t7-/m1/s1. The fraction of sp³-hybridized carbons (Fsp3) is 0.455. The van der Waals surface area contributed by atoms with E-state index in [0.29, 0.717) is 24.2 Å². The Labute approximate surface area is 87.5 Å². The third kappa shape index (κ3) is 3.16. The van der Waals surface area contributed by atoms with Gasteiger partial charge in [0, 0.05) is 6.07 Å². The zero-order valence-electron chi connectivity index (χ0n) is 8.76. The highest BCUT2D eigenvalue weighted by atomic mass is 19.2. The van der Waals surface area contributed by atoms with Gasteiger partial charge in [0.1, 0.15) is 5.75 Å². The number of aryl methyl sites for hydroxylation is 1. The van der Waals surface area contributed by atoms with Crippen molar-refractivity contribution in [3.05, 3.63) is 29.3 Å². The molecule has 0 heterocycles. The van der Waals surface area contributed by atoms with Crippen LogP contribution in [0.2, 0.25) is 0 Å². The average molecular weight is 216 g/mol. The van der Waals surface area contributed by atoms with Crippen molar-refractivity contribution in [1.82, 2.24) is 0 Å². The fourth-order valence-corrected chi connectivity index (χ4v) is 1.32. The lowest BCUT2D eigenvalue weighted by molar-refractivity contribution is 0.184. The third-order valence-electron chi connectivity index (χ3n) is 2.15. The van der Waals surface area contributed by atoms with Gasteiger partial charge in [0.05, 0.1) is 13.2 Å². The summed E-state index contributed by atoms with van der Waals surface area (Å²) in [6.07, 6.45) is 0.474. The second kappa shape index (κ2) is 5.07. The van der Waals surface area contributed by atoms with Gasteiger partial charge in [-0.25, -0.2) is 8.78 Å². The average Bonchev–Trinajstić information content (AvgIpc) is 2.19. The van der Waals surface area contributed by atoms with Crippen LogP contribution in [0.1, 0.15) is 18.9 Å².